The van der Waals surface area contributed by atoms with Crippen molar-refractivity contribution in [2.75, 3.05) is 0 Å². The highest BCUT2D eigenvalue weighted by Crippen LogP contribution is 2.34. The number of H-pyrrole nitrogens is 1. The van der Waals surface area contributed by atoms with Crippen LogP contribution in [0.25, 0.3) is 0 Å². The van der Waals surface area contributed by atoms with Crippen LogP contribution in [0.4, 0.5) is 0 Å². The van der Waals surface area contributed by atoms with E-state index in [0.717, 1.165) is 18.7 Å². The van der Waals surface area contributed by atoms with Gasteiger partial charge in [0, 0.05) is 5.92 Å². The zero-order valence-corrected chi connectivity index (χ0v) is 10.1. The highest BCUT2D eigenvalue weighted by Gasteiger charge is 2.33. The minimum absolute atomic E-state index is 0.242. The Balaban J connectivity index is 1.68. The van der Waals surface area contributed by atoms with Crippen LogP contribution in [0.1, 0.15) is 62.2 Å². The van der Waals surface area contributed by atoms with Gasteiger partial charge in [-0.1, -0.05) is 12.8 Å². The van der Waals surface area contributed by atoms with Gasteiger partial charge in [0.1, 0.15) is 6.10 Å². The smallest absolute Gasteiger partial charge is 0.332 e. The van der Waals surface area contributed by atoms with E-state index in [-0.39, 0.29) is 6.10 Å². The Morgan fingerprint density at radius 2 is 2.06 bits per heavy atom. The predicted octanol–water partition coefficient (Wildman–Crippen LogP) is 1.77. The van der Waals surface area contributed by atoms with Gasteiger partial charge < -0.3 is 9.84 Å². The van der Waals surface area contributed by atoms with Crippen molar-refractivity contribution < 1.29 is 14.6 Å². The fourth-order valence-electron chi connectivity index (χ4n) is 2.82. The molecule has 0 amide bonds. The van der Waals surface area contributed by atoms with Crippen molar-refractivity contribution in [1.82, 2.24) is 15.2 Å². The average molecular weight is 251 g/mol. The normalized spacial score (nSPS) is 28.9. The number of aromatic nitrogens is 3. The Bertz CT molecular complexity index is 440. The molecule has 6 nitrogen and oxygen atoms in total. The molecule has 0 spiro atoms. The van der Waals surface area contributed by atoms with E-state index in [2.05, 4.69) is 15.2 Å². The molecule has 6 heteroatoms. The summed E-state index contributed by atoms with van der Waals surface area (Å²) >= 11 is 0. The number of hydrogen-bond donors (Lipinski definition) is 2. The summed E-state index contributed by atoms with van der Waals surface area (Å²) in [7, 11) is 0. The standard InChI is InChI=1S/C12H17N3O3/c16-12(17)9-6-5-8(18-9)11-13-10(14-15-11)7-3-1-2-4-7/h7-9H,1-6H2,(H,16,17)(H,13,14,15). The lowest BCUT2D eigenvalue weighted by Gasteiger charge is -2.07. The largest absolute Gasteiger partial charge is 0.479 e. The van der Waals surface area contributed by atoms with E-state index in [0.29, 0.717) is 24.6 Å². The fourth-order valence-corrected chi connectivity index (χ4v) is 2.82. The molecule has 1 aromatic rings. The number of carboxylic acid groups (broad SMARTS) is 1. The first-order chi connectivity index (χ1) is 8.74. The number of carboxylic acids is 1. The van der Waals surface area contributed by atoms with Crippen LogP contribution in [0.2, 0.25) is 0 Å². The minimum atomic E-state index is -0.895. The van der Waals surface area contributed by atoms with Crippen LogP contribution in [0.3, 0.4) is 0 Å². The lowest BCUT2D eigenvalue weighted by molar-refractivity contribution is -0.149. The van der Waals surface area contributed by atoms with E-state index in [1.165, 1.54) is 12.8 Å². The van der Waals surface area contributed by atoms with Gasteiger partial charge in [0.15, 0.2) is 17.8 Å². The van der Waals surface area contributed by atoms with Crippen molar-refractivity contribution in [3.05, 3.63) is 11.6 Å². The second-order valence-electron chi connectivity index (χ2n) is 5.09. The molecule has 18 heavy (non-hydrogen) atoms. The molecule has 0 aromatic carbocycles. The number of hydrogen-bond acceptors (Lipinski definition) is 4. The quantitative estimate of drug-likeness (QED) is 0.854. The van der Waals surface area contributed by atoms with Gasteiger partial charge in [0.05, 0.1) is 0 Å². The molecule has 2 atom stereocenters. The molecule has 2 heterocycles. The van der Waals surface area contributed by atoms with Crippen LogP contribution in [0.15, 0.2) is 0 Å². The molecule has 1 aliphatic carbocycles. The van der Waals surface area contributed by atoms with Gasteiger partial charge in [-0.2, -0.15) is 5.10 Å². The molecular formula is C12H17N3O3. The number of aromatic amines is 1. The first kappa shape index (κ1) is 11.6. The van der Waals surface area contributed by atoms with E-state index < -0.39 is 12.1 Å². The molecule has 1 aromatic heterocycles. The summed E-state index contributed by atoms with van der Waals surface area (Å²) in [5.41, 5.74) is 0. The van der Waals surface area contributed by atoms with Gasteiger partial charge in [0.25, 0.3) is 0 Å². The summed E-state index contributed by atoms with van der Waals surface area (Å²) in [6.07, 6.45) is 5.09. The van der Waals surface area contributed by atoms with Crippen LogP contribution < -0.4 is 0 Å². The van der Waals surface area contributed by atoms with E-state index >= 15 is 0 Å². The first-order valence-corrected chi connectivity index (χ1v) is 6.54. The maximum absolute atomic E-state index is 10.8. The maximum Gasteiger partial charge on any atom is 0.332 e. The van der Waals surface area contributed by atoms with Gasteiger partial charge >= 0.3 is 5.97 Å². The lowest BCUT2D eigenvalue weighted by atomic mass is 10.1. The zero-order valence-electron chi connectivity index (χ0n) is 10.1. The first-order valence-electron chi connectivity index (χ1n) is 6.54. The molecule has 0 radical (unpaired) electrons. The van der Waals surface area contributed by atoms with Crippen molar-refractivity contribution >= 4 is 5.97 Å². The topological polar surface area (TPSA) is 88.1 Å². The summed E-state index contributed by atoms with van der Waals surface area (Å²) in [5.74, 6) is 1.12. The van der Waals surface area contributed by atoms with Crippen LogP contribution in [0.5, 0.6) is 0 Å². The molecule has 0 bridgehead atoms. The molecular weight excluding hydrogens is 234 g/mol. The average Bonchev–Trinajstić information content (AvgIpc) is 3.10. The Morgan fingerprint density at radius 1 is 1.28 bits per heavy atom. The number of ether oxygens (including phenoxy) is 1. The van der Waals surface area contributed by atoms with Gasteiger partial charge in [-0.05, 0) is 25.7 Å². The summed E-state index contributed by atoms with van der Waals surface area (Å²) in [4.78, 5) is 15.3. The van der Waals surface area contributed by atoms with E-state index in [4.69, 9.17) is 9.84 Å². The Labute approximate surface area is 105 Å². The van der Waals surface area contributed by atoms with Crippen molar-refractivity contribution in [2.45, 2.75) is 56.7 Å². The molecule has 3 rings (SSSR count). The number of carbonyl (C=O) groups is 1. The van der Waals surface area contributed by atoms with E-state index in [9.17, 15) is 4.79 Å². The number of nitrogens with zero attached hydrogens (tertiary/aromatic N) is 2. The van der Waals surface area contributed by atoms with E-state index in [1.54, 1.807) is 0 Å². The Hall–Kier alpha value is -1.43. The van der Waals surface area contributed by atoms with E-state index in [1.807, 2.05) is 0 Å². The molecule has 1 saturated heterocycles. The van der Waals surface area contributed by atoms with Crippen LogP contribution in [-0.2, 0) is 9.53 Å². The van der Waals surface area contributed by atoms with Gasteiger partial charge in [-0.3, -0.25) is 5.10 Å². The molecule has 2 fully saturated rings. The van der Waals surface area contributed by atoms with Crippen molar-refractivity contribution in [3.8, 4) is 0 Å². The third kappa shape index (κ3) is 2.12. The molecule has 1 aliphatic heterocycles. The Kier molecular flexibility index (Phi) is 3.03. The van der Waals surface area contributed by atoms with Crippen LogP contribution in [-0.4, -0.2) is 32.4 Å². The molecule has 98 valence electrons. The van der Waals surface area contributed by atoms with Gasteiger partial charge in [-0.25, -0.2) is 9.78 Å². The Morgan fingerprint density at radius 3 is 2.72 bits per heavy atom. The van der Waals surface area contributed by atoms with Crippen molar-refractivity contribution in [2.24, 2.45) is 0 Å². The third-order valence-corrected chi connectivity index (χ3v) is 3.84. The molecule has 1 saturated carbocycles. The summed E-state index contributed by atoms with van der Waals surface area (Å²) < 4.78 is 5.45. The summed E-state index contributed by atoms with van der Waals surface area (Å²) in [5, 5.41) is 16.0. The van der Waals surface area contributed by atoms with Crippen LogP contribution >= 0.6 is 0 Å². The summed E-state index contributed by atoms with van der Waals surface area (Å²) in [6.45, 7) is 0. The number of aliphatic carboxylic acids is 1. The molecule has 2 N–H and O–H groups in total. The highest BCUT2D eigenvalue weighted by atomic mass is 16.5. The monoisotopic (exact) mass is 251 g/mol. The number of nitrogens with one attached hydrogen (secondary N) is 1. The molecule has 2 unspecified atom stereocenters. The SMILES string of the molecule is O=C(O)C1CCC(c2nc(C3CCCC3)n[nH]2)O1. The van der Waals surface area contributed by atoms with Crippen LogP contribution in [0, 0.1) is 0 Å². The van der Waals surface area contributed by atoms with Crippen molar-refractivity contribution in [1.29, 1.82) is 0 Å². The highest BCUT2D eigenvalue weighted by molar-refractivity contribution is 5.72. The second-order valence-corrected chi connectivity index (χ2v) is 5.09. The maximum atomic E-state index is 10.8. The number of rotatable bonds is 3. The summed E-state index contributed by atoms with van der Waals surface area (Å²) in [6, 6.07) is 0. The predicted molar refractivity (Wildman–Crippen MR) is 62.1 cm³/mol. The fraction of sp³-hybridized carbons (Fsp3) is 0.750. The second kappa shape index (κ2) is 4.68. The third-order valence-electron chi connectivity index (χ3n) is 3.84. The molecule has 2 aliphatic rings. The zero-order chi connectivity index (χ0) is 12.5. The lowest BCUT2D eigenvalue weighted by Crippen LogP contribution is -2.18. The van der Waals surface area contributed by atoms with Crippen molar-refractivity contribution in [3.63, 3.8) is 0 Å². The van der Waals surface area contributed by atoms with Gasteiger partial charge in [0.2, 0.25) is 0 Å². The minimum Gasteiger partial charge on any atom is -0.479 e. The van der Waals surface area contributed by atoms with Gasteiger partial charge in [-0.15, -0.1) is 0 Å².